The molecule has 0 unspecified atom stereocenters. The molecule has 1 saturated heterocycles. The van der Waals surface area contributed by atoms with E-state index in [2.05, 4.69) is 20.1 Å². The number of imidazole rings is 1. The Balaban J connectivity index is 1.000. The van der Waals surface area contributed by atoms with Gasteiger partial charge < -0.3 is 19.1 Å². The van der Waals surface area contributed by atoms with Crippen LogP contribution in [0, 0.1) is 17.5 Å². The summed E-state index contributed by atoms with van der Waals surface area (Å²) in [5, 5.41) is 13.8. The van der Waals surface area contributed by atoms with Crippen LogP contribution < -0.4 is 4.74 Å². The van der Waals surface area contributed by atoms with Crippen LogP contribution in [0.3, 0.4) is 0 Å². The van der Waals surface area contributed by atoms with Gasteiger partial charge in [0, 0.05) is 54.2 Å². The third-order valence-electron chi connectivity index (χ3n) is 8.86. The lowest BCUT2D eigenvalue weighted by Crippen LogP contribution is -2.31. The van der Waals surface area contributed by atoms with Gasteiger partial charge in [0.05, 0.1) is 52.9 Å². The summed E-state index contributed by atoms with van der Waals surface area (Å²) < 4.78 is 61.1. The van der Waals surface area contributed by atoms with Crippen LogP contribution in [0.15, 0.2) is 73.2 Å². The number of aromatic nitrogens is 6. The van der Waals surface area contributed by atoms with Gasteiger partial charge in [-0.1, -0.05) is 6.07 Å². The number of carboxylic acids is 1. The Kier molecular flexibility index (Phi) is 7.83. The van der Waals surface area contributed by atoms with E-state index in [1.165, 1.54) is 30.5 Å². The van der Waals surface area contributed by atoms with E-state index in [1.807, 2.05) is 15.4 Å². The van der Waals surface area contributed by atoms with Gasteiger partial charge in [-0.2, -0.15) is 5.10 Å². The van der Waals surface area contributed by atoms with Crippen LogP contribution in [0.2, 0.25) is 0 Å². The summed E-state index contributed by atoms with van der Waals surface area (Å²) in [5.41, 5.74) is 2.76. The zero-order chi connectivity index (χ0) is 33.6. The van der Waals surface area contributed by atoms with Crippen LogP contribution in [-0.2, 0) is 24.3 Å². The molecule has 1 aliphatic heterocycles. The topological polar surface area (TPSA) is 117 Å². The molecule has 1 atom stereocenters. The number of hydrogen-bond acceptors (Lipinski definition) is 7. The molecule has 0 radical (unpaired) electrons. The number of pyridine rings is 2. The van der Waals surface area contributed by atoms with E-state index < -0.39 is 23.4 Å². The zero-order valence-corrected chi connectivity index (χ0v) is 26.0. The monoisotopic (exact) mass is 666 g/mol. The minimum atomic E-state index is -1.07. The van der Waals surface area contributed by atoms with Crippen molar-refractivity contribution < 1.29 is 32.5 Å². The molecule has 1 N–H and O–H groups in total. The van der Waals surface area contributed by atoms with E-state index in [0.29, 0.717) is 41.7 Å². The predicted octanol–water partition coefficient (Wildman–Crippen LogP) is 6.77. The largest absolute Gasteiger partial charge is 0.478 e. The molecular weight excluding hydrogens is 637 g/mol. The SMILES string of the molecule is O=C(O)c1ccc2nc(Cc3cc(F)c(-c4cccc(OCc5cnc(-c6cnn(C7CC7)c6)cc5F)n4)cc3F)n(C[C@@H]3CCO3)c2c1. The first-order valence-electron chi connectivity index (χ1n) is 15.9. The van der Waals surface area contributed by atoms with Crippen molar-refractivity contribution in [2.75, 3.05) is 6.61 Å². The van der Waals surface area contributed by atoms with Crippen molar-refractivity contribution in [3.05, 3.63) is 113 Å². The van der Waals surface area contributed by atoms with Gasteiger partial charge >= 0.3 is 5.97 Å². The molecule has 2 fully saturated rings. The molecule has 1 aliphatic carbocycles. The lowest BCUT2D eigenvalue weighted by atomic mass is 10.0. The van der Waals surface area contributed by atoms with Gasteiger partial charge in [0.25, 0.3) is 0 Å². The number of halogens is 3. The van der Waals surface area contributed by atoms with Crippen molar-refractivity contribution in [2.45, 2.75) is 51.0 Å². The first-order valence-corrected chi connectivity index (χ1v) is 15.9. The summed E-state index contributed by atoms with van der Waals surface area (Å²) in [6.07, 6.45) is 7.81. The summed E-state index contributed by atoms with van der Waals surface area (Å²) in [6, 6.07) is 13.2. The van der Waals surface area contributed by atoms with Gasteiger partial charge in [-0.25, -0.2) is 27.9 Å². The van der Waals surface area contributed by atoms with Gasteiger partial charge in [0.15, 0.2) is 0 Å². The molecule has 13 heteroatoms. The highest BCUT2D eigenvalue weighted by Gasteiger charge is 2.25. The smallest absolute Gasteiger partial charge is 0.335 e. The minimum Gasteiger partial charge on any atom is -0.478 e. The third-order valence-corrected chi connectivity index (χ3v) is 8.86. The summed E-state index contributed by atoms with van der Waals surface area (Å²) in [7, 11) is 0. The van der Waals surface area contributed by atoms with E-state index in [-0.39, 0.29) is 53.0 Å². The zero-order valence-electron chi connectivity index (χ0n) is 26.0. The van der Waals surface area contributed by atoms with Gasteiger partial charge in [0.1, 0.15) is 29.9 Å². The summed E-state index contributed by atoms with van der Waals surface area (Å²) in [6.45, 7) is 0.862. The number of fused-ring (bicyclic) bond motifs is 1. The number of aromatic carboxylic acids is 1. The average molecular weight is 667 g/mol. The number of ether oxygens (including phenoxy) is 2. The fraction of sp³-hybridized carbons (Fsp3) is 0.250. The van der Waals surface area contributed by atoms with Crippen molar-refractivity contribution in [3.63, 3.8) is 0 Å². The number of benzene rings is 2. The van der Waals surface area contributed by atoms with Crippen molar-refractivity contribution >= 4 is 17.0 Å². The Labute approximate surface area is 277 Å². The molecule has 5 heterocycles. The van der Waals surface area contributed by atoms with E-state index in [4.69, 9.17) is 9.47 Å². The van der Waals surface area contributed by atoms with Crippen LogP contribution in [0.25, 0.3) is 33.5 Å². The lowest BCUT2D eigenvalue weighted by Gasteiger charge is -2.27. The molecule has 6 aromatic rings. The standard InChI is InChI=1S/C36H29F3N6O4/c37-27-13-26(29(39)10-21(27)12-34-42-31-7-4-20(36(46)47)11-33(31)44(34)18-25-8-9-48-25)30-2-1-3-35(43-30)49-19-23-15-40-32(14-28(23)38)22-16-41-45(17-22)24-5-6-24/h1-4,7,10-11,13-17,24-25H,5-6,8-9,12,18-19H2,(H,46,47)/t25-/m0/s1. The Morgan fingerprint density at radius 2 is 1.78 bits per heavy atom. The molecular formula is C36H29F3N6O4. The maximum Gasteiger partial charge on any atom is 0.335 e. The Bertz CT molecular complexity index is 2230. The summed E-state index contributed by atoms with van der Waals surface area (Å²) in [4.78, 5) is 24.9. The predicted molar refractivity (Wildman–Crippen MR) is 171 cm³/mol. The molecule has 49 heavy (non-hydrogen) atoms. The van der Waals surface area contributed by atoms with E-state index in [9.17, 15) is 14.3 Å². The maximum atomic E-state index is 15.6. The lowest BCUT2D eigenvalue weighted by molar-refractivity contribution is -0.0589. The van der Waals surface area contributed by atoms with E-state index >= 15 is 8.78 Å². The molecule has 1 saturated carbocycles. The van der Waals surface area contributed by atoms with E-state index in [0.717, 1.165) is 37.0 Å². The minimum absolute atomic E-state index is 0.0370. The molecule has 0 bridgehead atoms. The van der Waals surface area contributed by atoms with Crippen LogP contribution in [0.1, 0.15) is 52.6 Å². The van der Waals surface area contributed by atoms with Gasteiger partial charge in [0.2, 0.25) is 5.88 Å². The number of carbonyl (C=O) groups is 1. The normalized spacial score (nSPS) is 15.8. The molecule has 248 valence electrons. The van der Waals surface area contributed by atoms with E-state index in [1.54, 1.807) is 24.4 Å². The number of nitrogens with zero attached hydrogens (tertiary/aromatic N) is 6. The molecule has 8 rings (SSSR count). The second-order valence-electron chi connectivity index (χ2n) is 12.3. The molecule has 0 amide bonds. The Morgan fingerprint density at radius 3 is 2.53 bits per heavy atom. The van der Waals surface area contributed by atoms with Gasteiger partial charge in [-0.05, 0) is 61.2 Å². The van der Waals surface area contributed by atoms with Crippen molar-refractivity contribution in [3.8, 4) is 28.4 Å². The highest BCUT2D eigenvalue weighted by Crippen LogP contribution is 2.35. The number of carboxylic acid groups (broad SMARTS) is 1. The quantitative estimate of drug-likeness (QED) is 0.161. The first kappa shape index (κ1) is 30.8. The molecule has 4 aromatic heterocycles. The first-order chi connectivity index (χ1) is 23.8. The fourth-order valence-corrected chi connectivity index (χ4v) is 5.90. The highest BCUT2D eigenvalue weighted by atomic mass is 19.1. The second kappa shape index (κ2) is 12.5. The fourth-order valence-electron chi connectivity index (χ4n) is 5.90. The van der Waals surface area contributed by atoms with Crippen LogP contribution >= 0.6 is 0 Å². The van der Waals surface area contributed by atoms with Crippen molar-refractivity contribution in [1.82, 2.24) is 29.3 Å². The Morgan fingerprint density at radius 1 is 0.939 bits per heavy atom. The van der Waals surface area contributed by atoms with Crippen molar-refractivity contribution in [2.24, 2.45) is 0 Å². The van der Waals surface area contributed by atoms with Gasteiger partial charge in [-0.3, -0.25) is 9.67 Å². The van der Waals surface area contributed by atoms with Crippen LogP contribution in [0.4, 0.5) is 13.2 Å². The molecule has 0 spiro atoms. The number of hydrogen-bond donors (Lipinski definition) is 1. The number of rotatable bonds is 11. The second-order valence-corrected chi connectivity index (χ2v) is 12.3. The van der Waals surface area contributed by atoms with Crippen LogP contribution in [-0.4, -0.2) is 53.1 Å². The average Bonchev–Trinajstić information content (AvgIpc) is 3.70. The maximum absolute atomic E-state index is 15.6. The third kappa shape index (κ3) is 6.24. The molecule has 10 nitrogen and oxygen atoms in total. The molecule has 2 aliphatic rings. The van der Waals surface area contributed by atoms with Crippen molar-refractivity contribution in [1.29, 1.82) is 0 Å². The highest BCUT2D eigenvalue weighted by molar-refractivity contribution is 5.92. The van der Waals surface area contributed by atoms with Crippen LogP contribution in [0.5, 0.6) is 5.88 Å². The summed E-state index contributed by atoms with van der Waals surface area (Å²) in [5.74, 6) is -2.38. The molecule has 2 aromatic carbocycles. The van der Waals surface area contributed by atoms with Gasteiger partial charge in [-0.15, -0.1) is 0 Å². The Hall–Kier alpha value is -5.56. The summed E-state index contributed by atoms with van der Waals surface area (Å²) >= 11 is 0.